The molecule has 10 nitrogen and oxygen atoms in total. The first-order chi connectivity index (χ1) is 24.5. The zero-order valence-electron chi connectivity index (χ0n) is 29.6. The van der Waals surface area contributed by atoms with Crippen molar-refractivity contribution >= 4 is 17.5 Å². The molecule has 0 aliphatic carbocycles. The highest BCUT2D eigenvalue weighted by Gasteiger charge is 2.29. The van der Waals surface area contributed by atoms with Gasteiger partial charge in [-0.15, -0.1) is 0 Å². The number of hydrogen-bond donors (Lipinski definition) is 6. The molecule has 3 atom stereocenters. The summed E-state index contributed by atoms with van der Waals surface area (Å²) in [6.45, 7) is 7.92. The summed E-state index contributed by atoms with van der Waals surface area (Å²) >= 11 is 0. The smallest absolute Gasteiger partial charge is 0.239 e. The van der Waals surface area contributed by atoms with E-state index in [-0.39, 0.29) is 29.4 Å². The number of aryl methyl sites for hydroxylation is 2. The second kappa shape index (κ2) is 16.0. The number of nitrogens with two attached hydrogens (primary N) is 2. The first-order valence-corrected chi connectivity index (χ1v) is 17.9. The first kappa shape index (κ1) is 35.9. The monoisotopic (exact) mass is 690 g/mol. The number of phenolic OH excluding ortho intramolecular Hbond substituents is 2. The van der Waals surface area contributed by atoms with Crippen molar-refractivity contribution < 1.29 is 19.8 Å². The number of phenols is 2. The number of nitrogens with one attached hydrogen (secondary N) is 2. The molecule has 0 spiro atoms. The van der Waals surface area contributed by atoms with E-state index in [0.29, 0.717) is 32.5 Å². The fourth-order valence-corrected chi connectivity index (χ4v) is 7.45. The van der Waals surface area contributed by atoms with E-state index in [4.69, 9.17) is 11.5 Å². The van der Waals surface area contributed by atoms with Gasteiger partial charge in [0.2, 0.25) is 11.8 Å². The van der Waals surface area contributed by atoms with Gasteiger partial charge in [-0.25, -0.2) is 0 Å². The molecular weight excluding hydrogens is 640 g/mol. The summed E-state index contributed by atoms with van der Waals surface area (Å²) in [4.78, 5) is 31.0. The Morgan fingerprint density at radius 1 is 0.824 bits per heavy atom. The summed E-state index contributed by atoms with van der Waals surface area (Å²) in [5, 5.41) is 26.5. The molecule has 2 heterocycles. The number of carbonyl (C=O) groups excluding carboxylic acids is 2. The highest BCUT2D eigenvalue weighted by Crippen LogP contribution is 2.36. The van der Waals surface area contributed by atoms with Crippen LogP contribution in [0.3, 0.4) is 0 Å². The van der Waals surface area contributed by atoms with E-state index < -0.39 is 12.1 Å². The molecule has 2 amide bonds. The van der Waals surface area contributed by atoms with E-state index in [1.54, 1.807) is 36.4 Å². The predicted octanol–water partition coefficient (Wildman–Crippen LogP) is 4.06. The Labute approximate surface area is 300 Å². The van der Waals surface area contributed by atoms with E-state index in [1.165, 1.54) is 16.7 Å². The number of carbonyl (C=O) groups is 2. The van der Waals surface area contributed by atoms with Crippen LogP contribution in [-0.2, 0) is 35.4 Å². The van der Waals surface area contributed by atoms with Crippen LogP contribution in [0.4, 0.5) is 5.69 Å². The molecular formula is C41H50N6O4. The zero-order valence-corrected chi connectivity index (χ0v) is 29.6. The van der Waals surface area contributed by atoms with Crippen LogP contribution in [0.1, 0.15) is 57.0 Å². The SMILES string of the molecule is Cc1cc(O)cc(C)c1CC(N)C(=O)NC1CCNc2c(CN3CCN(C(=O)[C@@H](N)Cc4ccc(O)cc4)CC3)cc(Cc3ccccc3)cc21. The van der Waals surface area contributed by atoms with Gasteiger partial charge in [0.15, 0.2) is 0 Å². The number of amides is 2. The number of rotatable bonds is 11. The van der Waals surface area contributed by atoms with Crippen LogP contribution in [-0.4, -0.2) is 76.6 Å². The van der Waals surface area contributed by atoms with Crippen LogP contribution in [0.15, 0.2) is 78.9 Å². The normalized spacial score (nSPS) is 17.3. The quantitative estimate of drug-likeness (QED) is 0.138. The third kappa shape index (κ3) is 8.89. The molecule has 2 aliphatic rings. The minimum Gasteiger partial charge on any atom is -0.508 e. The van der Waals surface area contributed by atoms with E-state index in [2.05, 4.69) is 51.9 Å². The molecule has 2 aliphatic heterocycles. The van der Waals surface area contributed by atoms with Gasteiger partial charge in [-0.2, -0.15) is 0 Å². The molecule has 4 aromatic carbocycles. The molecule has 2 unspecified atom stereocenters. The van der Waals surface area contributed by atoms with E-state index in [0.717, 1.165) is 66.0 Å². The lowest BCUT2D eigenvalue weighted by atomic mass is 9.90. The summed E-state index contributed by atoms with van der Waals surface area (Å²) in [5.74, 6) is 0.147. The lowest BCUT2D eigenvalue weighted by Gasteiger charge is -2.37. The Balaban J connectivity index is 1.16. The predicted molar refractivity (Wildman–Crippen MR) is 201 cm³/mol. The van der Waals surface area contributed by atoms with Crippen molar-refractivity contribution in [2.45, 2.75) is 64.2 Å². The van der Waals surface area contributed by atoms with Crippen molar-refractivity contribution in [3.8, 4) is 11.5 Å². The third-order valence-electron chi connectivity index (χ3n) is 10.2. The summed E-state index contributed by atoms with van der Waals surface area (Å²) in [6.07, 6.45) is 2.31. The van der Waals surface area contributed by atoms with Gasteiger partial charge in [0, 0.05) is 45.0 Å². The lowest BCUT2D eigenvalue weighted by molar-refractivity contribution is -0.134. The van der Waals surface area contributed by atoms with E-state index in [9.17, 15) is 19.8 Å². The molecule has 8 N–H and O–H groups in total. The van der Waals surface area contributed by atoms with Crippen molar-refractivity contribution in [2.75, 3.05) is 38.0 Å². The maximum Gasteiger partial charge on any atom is 0.239 e. The minimum atomic E-state index is -0.731. The molecule has 10 heteroatoms. The average molecular weight is 691 g/mol. The van der Waals surface area contributed by atoms with Gasteiger partial charge in [0.05, 0.1) is 18.1 Å². The number of anilines is 1. The summed E-state index contributed by atoms with van der Waals surface area (Å²) in [5.41, 5.74) is 22.2. The maximum absolute atomic E-state index is 13.6. The summed E-state index contributed by atoms with van der Waals surface area (Å²) in [6, 6.07) is 23.5. The standard InChI is InChI=1S/C41H50N6O4/c1-26-18-33(49)19-27(2)34(26)24-36(42)40(50)45-38-12-13-44-39-31(21-30(22-35(38)39)20-28-6-4-3-5-7-28)25-46-14-16-47(17-15-46)41(51)37(43)23-29-8-10-32(48)11-9-29/h3-11,18-19,21-22,36-38,44,48-49H,12-17,20,23-25,42-43H2,1-2H3,(H,45,50)/t36?,37-,38?/m0/s1. The van der Waals surface area contributed by atoms with E-state index >= 15 is 0 Å². The molecule has 4 aromatic rings. The number of benzene rings is 4. The highest BCUT2D eigenvalue weighted by atomic mass is 16.3. The number of nitrogens with zero attached hydrogens (tertiary/aromatic N) is 2. The Morgan fingerprint density at radius 2 is 1.51 bits per heavy atom. The van der Waals surface area contributed by atoms with Crippen molar-refractivity contribution in [2.24, 2.45) is 11.5 Å². The first-order valence-electron chi connectivity index (χ1n) is 17.9. The van der Waals surface area contributed by atoms with Gasteiger partial charge in [-0.3, -0.25) is 14.5 Å². The Hall–Kier alpha value is -4.90. The average Bonchev–Trinajstić information content (AvgIpc) is 3.11. The fourth-order valence-electron chi connectivity index (χ4n) is 7.45. The molecule has 51 heavy (non-hydrogen) atoms. The minimum absolute atomic E-state index is 0.0563. The molecule has 0 bridgehead atoms. The van der Waals surface area contributed by atoms with Crippen LogP contribution in [0, 0.1) is 13.8 Å². The maximum atomic E-state index is 13.6. The van der Waals surface area contributed by atoms with Gasteiger partial charge in [-0.05, 0) is 108 Å². The Bertz CT molecular complexity index is 1820. The number of hydrogen-bond acceptors (Lipinski definition) is 8. The third-order valence-corrected chi connectivity index (χ3v) is 10.2. The fraction of sp³-hybridized carbons (Fsp3) is 0.366. The van der Waals surface area contributed by atoms with Gasteiger partial charge in [0.25, 0.3) is 0 Å². The topological polar surface area (TPSA) is 157 Å². The molecule has 268 valence electrons. The van der Waals surface area contributed by atoms with Gasteiger partial charge >= 0.3 is 0 Å². The summed E-state index contributed by atoms with van der Waals surface area (Å²) in [7, 11) is 0. The van der Waals surface area contributed by atoms with Crippen molar-refractivity contribution in [1.82, 2.24) is 15.1 Å². The molecule has 6 rings (SSSR count). The zero-order chi connectivity index (χ0) is 36.1. The van der Waals surface area contributed by atoms with Gasteiger partial charge < -0.3 is 37.2 Å². The number of fused-ring (bicyclic) bond motifs is 1. The van der Waals surface area contributed by atoms with Crippen LogP contribution in [0.2, 0.25) is 0 Å². The van der Waals surface area contributed by atoms with E-state index in [1.807, 2.05) is 24.8 Å². The second-order valence-electron chi connectivity index (χ2n) is 14.1. The Kier molecular flexibility index (Phi) is 11.2. The van der Waals surface area contributed by atoms with Gasteiger partial charge in [-0.1, -0.05) is 54.6 Å². The number of aromatic hydroxyl groups is 2. The van der Waals surface area contributed by atoms with Crippen molar-refractivity contribution in [1.29, 1.82) is 0 Å². The van der Waals surface area contributed by atoms with Crippen LogP contribution < -0.4 is 22.1 Å². The highest BCUT2D eigenvalue weighted by molar-refractivity contribution is 5.83. The molecule has 0 aromatic heterocycles. The molecule has 1 fully saturated rings. The largest absolute Gasteiger partial charge is 0.508 e. The van der Waals surface area contributed by atoms with Gasteiger partial charge in [0.1, 0.15) is 11.5 Å². The lowest BCUT2D eigenvalue weighted by Crippen LogP contribution is -2.53. The number of piperazine rings is 1. The second-order valence-corrected chi connectivity index (χ2v) is 14.1. The molecule has 0 saturated carbocycles. The van der Waals surface area contributed by atoms with Crippen LogP contribution in [0.25, 0.3) is 0 Å². The Morgan fingerprint density at radius 3 is 2.20 bits per heavy atom. The van der Waals surface area contributed by atoms with Crippen LogP contribution >= 0.6 is 0 Å². The van der Waals surface area contributed by atoms with Crippen molar-refractivity contribution in [3.63, 3.8) is 0 Å². The molecule has 1 saturated heterocycles. The van der Waals surface area contributed by atoms with Crippen molar-refractivity contribution in [3.05, 3.63) is 123 Å². The molecule has 0 radical (unpaired) electrons. The van der Waals surface area contributed by atoms with Crippen LogP contribution in [0.5, 0.6) is 11.5 Å². The summed E-state index contributed by atoms with van der Waals surface area (Å²) < 4.78 is 0.